The second-order valence-corrected chi connectivity index (χ2v) is 4.44. The number of rotatable bonds is 5. The van der Waals surface area contributed by atoms with E-state index >= 15 is 0 Å². The number of nitrogens with one attached hydrogen (secondary N) is 1. The molecule has 4 nitrogen and oxygen atoms in total. The molecule has 1 amide bonds. The maximum absolute atomic E-state index is 12.0. The first-order valence-corrected chi connectivity index (χ1v) is 6.58. The number of carbonyl (C=O) groups excluding carboxylic acids is 1. The lowest BCUT2D eigenvalue weighted by molar-refractivity contribution is -0.115. The molecule has 0 spiro atoms. The molecule has 20 heavy (non-hydrogen) atoms. The lowest BCUT2D eigenvalue weighted by atomic mass is 10.2. The second-order valence-electron chi connectivity index (χ2n) is 4.44. The van der Waals surface area contributed by atoms with Crippen LogP contribution in [0.25, 0.3) is 0 Å². The number of para-hydroxylation sites is 1. The summed E-state index contributed by atoms with van der Waals surface area (Å²) in [6, 6.07) is 16.3. The smallest absolute Gasteiger partial charge is 0.243 e. The summed E-state index contributed by atoms with van der Waals surface area (Å²) < 4.78 is 0. The van der Waals surface area contributed by atoms with Crippen LogP contribution in [0.2, 0.25) is 0 Å². The molecule has 0 radical (unpaired) electrons. The fraction of sp³-hybridized carbons (Fsp3) is 0.188. The Kier molecular flexibility index (Phi) is 4.60. The third-order valence-corrected chi connectivity index (χ3v) is 2.99. The number of nitrogens with zero attached hydrogens (tertiary/aromatic N) is 1. The Balaban J connectivity index is 1.97. The molecule has 0 atom stereocenters. The second kappa shape index (κ2) is 6.61. The zero-order valence-corrected chi connectivity index (χ0v) is 11.4. The van der Waals surface area contributed by atoms with E-state index in [9.17, 15) is 9.90 Å². The summed E-state index contributed by atoms with van der Waals surface area (Å²) in [4.78, 5) is 14.0. The van der Waals surface area contributed by atoms with Gasteiger partial charge in [0.25, 0.3) is 0 Å². The lowest BCUT2D eigenvalue weighted by Gasteiger charge is -2.22. The van der Waals surface area contributed by atoms with E-state index in [-0.39, 0.29) is 11.7 Å². The van der Waals surface area contributed by atoms with Crippen LogP contribution in [-0.2, 0) is 4.79 Å². The van der Waals surface area contributed by atoms with Gasteiger partial charge in [-0.25, -0.2) is 0 Å². The Morgan fingerprint density at radius 2 is 1.75 bits per heavy atom. The predicted octanol–water partition coefficient (Wildman–Crippen LogP) is 2.86. The van der Waals surface area contributed by atoms with Gasteiger partial charge in [0.2, 0.25) is 5.91 Å². The van der Waals surface area contributed by atoms with Gasteiger partial charge in [0.05, 0.1) is 6.54 Å². The topological polar surface area (TPSA) is 52.6 Å². The highest BCUT2D eigenvalue weighted by molar-refractivity contribution is 5.94. The van der Waals surface area contributed by atoms with Crippen molar-refractivity contribution >= 4 is 17.3 Å². The number of benzene rings is 2. The predicted molar refractivity (Wildman–Crippen MR) is 81.1 cm³/mol. The van der Waals surface area contributed by atoms with Crippen LogP contribution >= 0.6 is 0 Å². The molecule has 4 heteroatoms. The molecule has 2 rings (SSSR count). The molecule has 0 aliphatic heterocycles. The van der Waals surface area contributed by atoms with Crippen LogP contribution in [0, 0.1) is 0 Å². The largest absolute Gasteiger partial charge is 0.508 e. The Bertz CT molecular complexity index is 552. The number of likely N-dealkylation sites (N-methyl/N-ethyl adjacent to an activating group) is 1. The van der Waals surface area contributed by atoms with Gasteiger partial charge < -0.3 is 15.3 Å². The summed E-state index contributed by atoms with van der Waals surface area (Å²) in [6.07, 6.45) is 0. The van der Waals surface area contributed by atoms with Crippen LogP contribution in [0.3, 0.4) is 0 Å². The van der Waals surface area contributed by atoms with Crippen LogP contribution in [0.15, 0.2) is 54.6 Å². The number of phenolic OH excluding ortho intramolecular Hbond substituents is 1. The van der Waals surface area contributed by atoms with Crippen molar-refractivity contribution in [2.24, 2.45) is 0 Å². The molecule has 0 fully saturated rings. The van der Waals surface area contributed by atoms with Crippen LogP contribution in [0.4, 0.5) is 11.4 Å². The number of carbonyl (C=O) groups is 1. The van der Waals surface area contributed by atoms with Gasteiger partial charge in [-0.2, -0.15) is 0 Å². The number of hydrogen-bond donors (Lipinski definition) is 2. The fourth-order valence-corrected chi connectivity index (χ4v) is 1.94. The minimum absolute atomic E-state index is 0.0820. The molecule has 2 N–H and O–H groups in total. The Morgan fingerprint density at radius 1 is 1.10 bits per heavy atom. The molecular weight excluding hydrogens is 252 g/mol. The molecule has 2 aromatic carbocycles. The van der Waals surface area contributed by atoms with E-state index in [4.69, 9.17) is 0 Å². The minimum Gasteiger partial charge on any atom is -0.508 e. The maximum atomic E-state index is 12.0. The van der Waals surface area contributed by atoms with Crippen LogP contribution < -0.4 is 10.2 Å². The van der Waals surface area contributed by atoms with Gasteiger partial charge in [-0.1, -0.05) is 18.2 Å². The van der Waals surface area contributed by atoms with Gasteiger partial charge in [-0.15, -0.1) is 0 Å². The van der Waals surface area contributed by atoms with Crippen LogP contribution in [0.1, 0.15) is 6.92 Å². The Morgan fingerprint density at radius 3 is 2.35 bits per heavy atom. The highest BCUT2D eigenvalue weighted by Crippen LogP contribution is 2.15. The molecular formula is C16H18N2O2. The summed E-state index contributed by atoms with van der Waals surface area (Å²) in [5, 5.41) is 12.0. The van der Waals surface area contributed by atoms with Gasteiger partial charge in [0.1, 0.15) is 5.75 Å². The highest BCUT2D eigenvalue weighted by Gasteiger charge is 2.09. The molecule has 0 aliphatic carbocycles. The SMILES string of the molecule is CCN(CC(=O)Nc1ccc(O)cc1)c1ccccc1. The van der Waals surface area contributed by atoms with Gasteiger partial charge in [0.15, 0.2) is 0 Å². The van der Waals surface area contributed by atoms with E-state index in [0.29, 0.717) is 12.2 Å². The molecule has 0 unspecified atom stereocenters. The highest BCUT2D eigenvalue weighted by atomic mass is 16.3. The van der Waals surface area contributed by atoms with Crippen molar-refractivity contribution in [1.82, 2.24) is 0 Å². The number of anilines is 2. The zero-order chi connectivity index (χ0) is 14.4. The van der Waals surface area contributed by atoms with Crippen molar-refractivity contribution in [2.75, 3.05) is 23.3 Å². The van der Waals surface area contributed by atoms with Crippen molar-refractivity contribution < 1.29 is 9.90 Å². The minimum atomic E-state index is -0.0820. The molecule has 0 aromatic heterocycles. The van der Waals surface area contributed by atoms with Crippen molar-refractivity contribution in [1.29, 1.82) is 0 Å². The van der Waals surface area contributed by atoms with Gasteiger partial charge in [0, 0.05) is 17.9 Å². The first-order chi connectivity index (χ1) is 9.69. The Labute approximate surface area is 118 Å². The summed E-state index contributed by atoms with van der Waals surface area (Å²) >= 11 is 0. The van der Waals surface area contributed by atoms with E-state index in [0.717, 1.165) is 12.2 Å². The molecule has 0 saturated carbocycles. The van der Waals surface area contributed by atoms with Crippen LogP contribution in [-0.4, -0.2) is 24.1 Å². The Hall–Kier alpha value is -2.49. The average Bonchev–Trinajstić information content (AvgIpc) is 2.48. The third-order valence-electron chi connectivity index (χ3n) is 2.99. The van der Waals surface area contributed by atoms with E-state index < -0.39 is 0 Å². The van der Waals surface area contributed by atoms with E-state index in [1.165, 1.54) is 0 Å². The summed E-state index contributed by atoms with van der Waals surface area (Å²) in [5.74, 6) is 0.101. The van der Waals surface area contributed by atoms with Crippen molar-refractivity contribution in [3.05, 3.63) is 54.6 Å². The fourth-order valence-electron chi connectivity index (χ4n) is 1.94. The summed E-state index contributed by atoms with van der Waals surface area (Å²) in [6.45, 7) is 3.06. The number of amides is 1. The monoisotopic (exact) mass is 270 g/mol. The van der Waals surface area contributed by atoms with Gasteiger partial charge in [-0.05, 0) is 43.3 Å². The first kappa shape index (κ1) is 13.9. The van der Waals surface area contributed by atoms with E-state index in [2.05, 4.69) is 5.32 Å². The number of aromatic hydroxyl groups is 1. The molecule has 0 bridgehead atoms. The van der Waals surface area contributed by atoms with Crippen molar-refractivity contribution in [3.8, 4) is 5.75 Å². The van der Waals surface area contributed by atoms with Crippen LogP contribution in [0.5, 0.6) is 5.75 Å². The zero-order valence-electron chi connectivity index (χ0n) is 11.4. The maximum Gasteiger partial charge on any atom is 0.243 e. The van der Waals surface area contributed by atoms with Gasteiger partial charge >= 0.3 is 0 Å². The van der Waals surface area contributed by atoms with Crippen molar-refractivity contribution in [3.63, 3.8) is 0 Å². The number of phenols is 1. The molecule has 0 aliphatic rings. The van der Waals surface area contributed by atoms with E-state index in [1.807, 2.05) is 42.2 Å². The standard InChI is InChI=1S/C16H18N2O2/c1-2-18(14-6-4-3-5-7-14)12-16(20)17-13-8-10-15(19)11-9-13/h3-11,19H,2,12H2,1H3,(H,17,20). The van der Waals surface area contributed by atoms with E-state index in [1.54, 1.807) is 24.3 Å². The lowest BCUT2D eigenvalue weighted by Crippen LogP contribution is -2.33. The molecule has 2 aromatic rings. The quantitative estimate of drug-likeness (QED) is 0.821. The van der Waals surface area contributed by atoms with Crippen molar-refractivity contribution in [2.45, 2.75) is 6.92 Å². The first-order valence-electron chi connectivity index (χ1n) is 6.58. The molecule has 0 saturated heterocycles. The molecule has 0 heterocycles. The average molecular weight is 270 g/mol. The van der Waals surface area contributed by atoms with Gasteiger partial charge in [-0.3, -0.25) is 4.79 Å². The number of hydrogen-bond acceptors (Lipinski definition) is 3. The normalized spacial score (nSPS) is 10.1. The summed E-state index contributed by atoms with van der Waals surface area (Å²) in [7, 11) is 0. The third kappa shape index (κ3) is 3.75. The molecule has 104 valence electrons. The summed E-state index contributed by atoms with van der Waals surface area (Å²) in [5.41, 5.74) is 1.70.